The van der Waals surface area contributed by atoms with Crippen LogP contribution >= 0.6 is 0 Å². The summed E-state index contributed by atoms with van der Waals surface area (Å²) in [6, 6.07) is 24.2. The molecule has 1 N–H and O–H groups in total. The van der Waals surface area contributed by atoms with Gasteiger partial charge in [-0.3, -0.25) is 9.78 Å². The second-order valence-corrected chi connectivity index (χ2v) is 10.1. The Morgan fingerprint density at radius 2 is 1.76 bits per heavy atom. The number of methoxy groups -OCH3 is 2. The van der Waals surface area contributed by atoms with E-state index in [-0.39, 0.29) is 11.9 Å². The number of fused-ring (bicyclic) bond motifs is 1. The molecule has 1 aliphatic carbocycles. The number of hydrogen-bond acceptors (Lipinski definition) is 7. The van der Waals surface area contributed by atoms with E-state index in [9.17, 15) is 4.79 Å². The van der Waals surface area contributed by atoms with Crippen molar-refractivity contribution in [3.63, 3.8) is 0 Å². The van der Waals surface area contributed by atoms with Gasteiger partial charge in [0.05, 0.1) is 19.7 Å². The molecule has 1 fully saturated rings. The predicted molar refractivity (Wildman–Crippen MR) is 159 cm³/mol. The first-order valence-electron chi connectivity index (χ1n) is 13.6. The number of ether oxygens (including phenoxy) is 2. The maximum atomic E-state index is 13.3. The molecular weight excluding hydrogens is 514 g/mol. The Morgan fingerprint density at radius 3 is 2.54 bits per heavy atom. The lowest BCUT2D eigenvalue weighted by atomic mass is 10.0. The second-order valence-electron chi connectivity index (χ2n) is 10.1. The van der Waals surface area contributed by atoms with Crippen molar-refractivity contribution in [3.8, 4) is 22.6 Å². The van der Waals surface area contributed by atoms with Gasteiger partial charge in [-0.15, -0.1) is 0 Å². The Hall–Kier alpha value is -4.98. The summed E-state index contributed by atoms with van der Waals surface area (Å²) in [4.78, 5) is 28.3. The summed E-state index contributed by atoms with van der Waals surface area (Å²) in [5, 5.41) is 4.39. The summed E-state index contributed by atoms with van der Waals surface area (Å²) >= 11 is 0. The number of nitrogens with zero attached hydrogens (tertiary/aromatic N) is 4. The Balaban J connectivity index is 1.25. The van der Waals surface area contributed by atoms with Gasteiger partial charge < -0.3 is 19.7 Å². The van der Waals surface area contributed by atoms with Crippen LogP contribution in [0.5, 0.6) is 11.5 Å². The highest BCUT2D eigenvalue weighted by atomic mass is 16.5. The summed E-state index contributed by atoms with van der Waals surface area (Å²) in [6.07, 6.45) is 6.99. The highest BCUT2D eigenvalue weighted by Gasteiger charge is 2.33. The Labute approximate surface area is 239 Å². The number of carbonyl (C=O) groups excluding carboxylic acids is 1. The van der Waals surface area contributed by atoms with Gasteiger partial charge in [-0.2, -0.15) is 0 Å². The summed E-state index contributed by atoms with van der Waals surface area (Å²) in [5.74, 6) is 2.28. The highest BCUT2D eigenvalue weighted by molar-refractivity contribution is 5.94. The van der Waals surface area contributed by atoms with Crippen molar-refractivity contribution < 1.29 is 14.3 Å². The van der Waals surface area contributed by atoms with Crippen LogP contribution in [0.3, 0.4) is 0 Å². The van der Waals surface area contributed by atoms with Crippen LogP contribution in [0, 0.1) is 0 Å². The fraction of sp³-hybridized carbons (Fsp3) is 0.212. The van der Waals surface area contributed by atoms with Gasteiger partial charge in [0.2, 0.25) is 0 Å². The minimum absolute atomic E-state index is 0.0485. The predicted octanol–water partition coefficient (Wildman–Crippen LogP) is 6.13. The molecule has 0 aliphatic heterocycles. The van der Waals surface area contributed by atoms with Crippen molar-refractivity contribution in [2.24, 2.45) is 0 Å². The van der Waals surface area contributed by atoms with E-state index in [0.717, 1.165) is 63.3 Å². The van der Waals surface area contributed by atoms with Gasteiger partial charge in [0.1, 0.15) is 23.6 Å². The molecule has 5 aromatic rings. The van der Waals surface area contributed by atoms with E-state index in [2.05, 4.69) is 50.6 Å². The van der Waals surface area contributed by atoms with E-state index in [1.54, 1.807) is 45.1 Å². The van der Waals surface area contributed by atoms with Crippen LogP contribution < -0.4 is 14.8 Å². The van der Waals surface area contributed by atoms with Gasteiger partial charge in [-0.1, -0.05) is 24.3 Å². The minimum Gasteiger partial charge on any atom is -0.497 e. The molecule has 0 atom stereocenters. The number of hydrogen-bond donors (Lipinski definition) is 1. The van der Waals surface area contributed by atoms with Crippen LogP contribution in [0.4, 0.5) is 5.82 Å². The van der Waals surface area contributed by atoms with Gasteiger partial charge >= 0.3 is 0 Å². The summed E-state index contributed by atoms with van der Waals surface area (Å²) in [7, 11) is 3.29. The molecule has 1 aliphatic rings. The third kappa shape index (κ3) is 5.82. The van der Waals surface area contributed by atoms with Crippen molar-refractivity contribution in [1.29, 1.82) is 0 Å². The molecule has 0 radical (unpaired) electrons. The van der Waals surface area contributed by atoms with Crippen LogP contribution in [-0.4, -0.2) is 46.0 Å². The standard InChI is InChI=1S/C33H31N5O3/c1-40-28-10-6-26(31(18-28)41-2)19-35-32-29-17-25(7-11-30(29)36-21-37-32)24-5-3-4-22(16-24)20-38(27-8-9-27)33(39)23-12-14-34-15-13-23/h3-7,10-18,21,27H,8-9,19-20H2,1-2H3,(H,35,36,37). The smallest absolute Gasteiger partial charge is 0.254 e. The van der Waals surface area contributed by atoms with Crippen molar-refractivity contribution in [2.75, 3.05) is 19.5 Å². The van der Waals surface area contributed by atoms with Crippen LogP contribution in [0.15, 0.2) is 91.5 Å². The topological polar surface area (TPSA) is 89.5 Å². The monoisotopic (exact) mass is 545 g/mol. The fourth-order valence-electron chi connectivity index (χ4n) is 5.01. The number of amides is 1. The van der Waals surface area contributed by atoms with Crippen molar-refractivity contribution >= 4 is 22.6 Å². The van der Waals surface area contributed by atoms with Gasteiger partial charge in [-0.05, 0) is 72.0 Å². The van der Waals surface area contributed by atoms with Crippen LogP contribution in [0.1, 0.15) is 34.3 Å². The minimum atomic E-state index is 0.0485. The largest absolute Gasteiger partial charge is 0.497 e. The third-order valence-electron chi connectivity index (χ3n) is 7.36. The lowest BCUT2D eigenvalue weighted by Gasteiger charge is -2.23. The lowest BCUT2D eigenvalue weighted by molar-refractivity contribution is 0.0730. The SMILES string of the molecule is COc1ccc(CNc2ncnc3ccc(-c4cccc(CN(C(=O)c5ccncc5)C5CC5)c4)cc23)c(OC)c1. The third-order valence-corrected chi connectivity index (χ3v) is 7.36. The summed E-state index contributed by atoms with van der Waals surface area (Å²) < 4.78 is 10.9. The maximum absolute atomic E-state index is 13.3. The quantitative estimate of drug-likeness (QED) is 0.226. The van der Waals surface area contributed by atoms with Crippen molar-refractivity contribution in [1.82, 2.24) is 19.9 Å². The molecule has 8 nitrogen and oxygen atoms in total. The summed E-state index contributed by atoms with van der Waals surface area (Å²) in [5.41, 5.74) is 5.73. The van der Waals surface area contributed by atoms with E-state index in [1.807, 2.05) is 35.2 Å². The zero-order valence-electron chi connectivity index (χ0n) is 23.1. The van der Waals surface area contributed by atoms with Gasteiger partial charge in [0.15, 0.2) is 0 Å². The Bertz CT molecular complexity index is 1690. The first-order valence-corrected chi connectivity index (χ1v) is 13.6. The van der Waals surface area contributed by atoms with Gasteiger partial charge in [-0.25, -0.2) is 9.97 Å². The molecule has 0 bridgehead atoms. The molecule has 3 aromatic carbocycles. The molecule has 1 amide bonds. The normalized spacial score (nSPS) is 12.6. The number of rotatable bonds is 10. The van der Waals surface area contributed by atoms with Crippen LogP contribution in [-0.2, 0) is 13.1 Å². The summed E-state index contributed by atoms with van der Waals surface area (Å²) in [6.45, 7) is 1.09. The first kappa shape index (κ1) is 26.3. The number of nitrogens with one attached hydrogen (secondary N) is 1. The molecule has 0 unspecified atom stereocenters. The number of pyridine rings is 1. The lowest BCUT2D eigenvalue weighted by Crippen LogP contribution is -2.32. The van der Waals surface area contributed by atoms with E-state index in [0.29, 0.717) is 18.7 Å². The number of carbonyl (C=O) groups is 1. The number of anilines is 1. The van der Waals surface area contributed by atoms with E-state index >= 15 is 0 Å². The molecule has 206 valence electrons. The maximum Gasteiger partial charge on any atom is 0.254 e. The fourth-order valence-corrected chi connectivity index (χ4v) is 5.01. The Kier molecular flexibility index (Phi) is 7.45. The van der Waals surface area contributed by atoms with Crippen LogP contribution in [0.2, 0.25) is 0 Å². The Morgan fingerprint density at radius 1 is 0.927 bits per heavy atom. The number of aromatic nitrogens is 3. The number of benzene rings is 3. The van der Waals surface area contributed by atoms with E-state index < -0.39 is 0 Å². The zero-order valence-corrected chi connectivity index (χ0v) is 23.1. The van der Waals surface area contributed by atoms with E-state index in [4.69, 9.17) is 9.47 Å². The zero-order chi connectivity index (χ0) is 28.2. The average Bonchev–Trinajstić information content (AvgIpc) is 3.88. The highest BCUT2D eigenvalue weighted by Crippen LogP contribution is 2.32. The molecule has 2 heterocycles. The van der Waals surface area contributed by atoms with Crippen molar-refractivity contribution in [2.45, 2.75) is 32.0 Å². The molecule has 0 spiro atoms. The molecule has 8 heteroatoms. The van der Waals surface area contributed by atoms with Gasteiger partial charge in [0.25, 0.3) is 5.91 Å². The molecular formula is C33H31N5O3. The molecule has 1 saturated carbocycles. The van der Waals surface area contributed by atoms with Gasteiger partial charge in [0, 0.05) is 54.1 Å². The van der Waals surface area contributed by atoms with E-state index in [1.165, 1.54) is 0 Å². The average molecular weight is 546 g/mol. The molecule has 6 rings (SSSR count). The van der Waals surface area contributed by atoms with Crippen LogP contribution in [0.25, 0.3) is 22.0 Å². The van der Waals surface area contributed by atoms with Crippen molar-refractivity contribution in [3.05, 3.63) is 108 Å². The molecule has 2 aromatic heterocycles. The second kappa shape index (κ2) is 11.6. The first-order chi connectivity index (χ1) is 20.1. The molecule has 0 saturated heterocycles. The molecule has 41 heavy (non-hydrogen) atoms.